The predicted molar refractivity (Wildman–Crippen MR) is 137 cm³/mol. The molecule has 3 rings (SSSR count). The van der Waals surface area contributed by atoms with Gasteiger partial charge in [-0.2, -0.15) is 5.26 Å². The summed E-state index contributed by atoms with van der Waals surface area (Å²) in [5.74, 6) is 0.385. The number of benzene rings is 3. The number of ether oxygens (including phenoxy) is 2. The largest absolute Gasteiger partial charge is 0.493 e. The van der Waals surface area contributed by atoms with E-state index in [0.29, 0.717) is 38.4 Å². The van der Waals surface area contributed by atoms with Gasteiger partial charge in [0.15, 0.2) is 18.1 Å². The third kappa shape index (κ3) is 6.46. The lowest BCUT2D eigenvalue weighted by atomic mass is 10.0. The van der Waals surface area contributed by atoms with Crippen molar-refractivity contribution >= 4 is 44.9 Å². The summed E-state index contributed by atoms with van der Waals surface area (Å²) >= 11 is 3.44. The minimum Gasteiger partial charge on any atom is -0.493 e. The van der Waals surface area contributed by atoms with Gasteiger partial charge in [0.2, 0.25) is 0 Å². The Labute approximate surface area is 211 Å². The highest BCUT2D eigenvalue weighted by Crippen LogP contribution is 2.37. The molecule has 0 saturated heterocycles. The van der Waals surface area contributed by atoms with Gasteiger partial charge < -0.3 is 14.8 Å². The number of nitrogens with zero attached hydrogens (tertiary/aromatic N) is 2. The normalized spacial score (nSPS) is 10.9. The Kier molecular flexibility index (Phi) is 8.23. The summed E-state index contributed by atoms with van der Waals surface area (Å²) in [5, 5.41) is 23.3. The maximum Gasteiger partial charge on any atom is 0.269 e. The lowest BCUT2D eigenvalue weighted by molar-refractivity contribution is -0.384. The number of hydrogen-bond donors (Lipinski definition) is 1. The van der Waals surface area contributed by atoms with Crippen LogP contribution in [0.15, 0.2) is 59.1 Å². The second-order valence-electron chi connectivity index (χ2n) is 7.64. The molecule has 35 heavy (non-hydrogen) atoms. The Bertz CT molecular complexity index is 1340. The van der Waals surface area contributed by atoms with E-state index < -0.39 is 4.92 Å². The molecule has 9 heteroatoms. The fourth-order valence-corrected chi connectivity index (χ4v) is 3.80. The molecule has 0 unspecified atom stereocenters. The van der Waals surface area contributed by atoms with E-state index in [9.17, 15) is 20.2 Å². The van der Waals surface area contributed by atoms with Gasteiger partial charge in [-0.1, -0.05) is 6.07 Å². The van der Waals surface area contributed by atoms with E-state index in [2.05, 4.69) is 27.3 Å². The fraction of sp³-hybridized carbons (Fsp3) is 0.154. The average molecular weight is 536 g/mol. The molecule has 0 heterocycles. The molecule has 0 saturated carbocycles. The van der Waals surface area contributed by atoms with Crippen molar-refractivity contribution in [3.63, 3.8) is 0 Å². The summed E-state index contributed by atoms with van der Waals surface area (Å²) in [7, 11) is 1.47. The number of nitro benzene ring substituents is 1. The van der Waals surface area contributed by atoms with Gasteiger partial charge in [0.1, 0.15) is 0 Å². The molecule has 1 N–H and O–H groups in total. The van der Waals surface area contributed by atoms with Crippen molar-refractivity contribution in [3.05, 3.63) is 91.4 Å². The van der Waals surface area contributed by atoms with Crippen molar-refractivity contribution in [1.29, 1.82) is 5.26 Å². The summed E-state index contributed by atoms with van der Waals surface area (Å²) in [5.41, 5.74) is 4.32. The number of non-ortho nitro benzene ring substituents is 1. The Morgan fingerprint density at radius 2 is 1.86 bits per heavy atom. The zero-order valence-electron chi connectivity index (χ0n) is 19.3. The SMILES string of the molecule is COc1cc(/C=C(\C#N)c2ccc([N+](=O)[O-])cc2)cc(Br)c1OCC(=O)Nc1ccc(C)c(C)c1. The first-order chi connectivity index (χ1) is 16.7. The molecule has 1 amide bonds. The Hall–Kier alpha value is -4.16. The Morgan fingerprint density at radius 3 is 2.46 bits per heavy atom. The van der Waals surface area contributed by atoms with E-state index in [1.165, 1.54) is 31.4 Å². The second kappa shape index (κ2) is 11.3. The van der Waals surface area contributed by atoms with E-state index >= 15 is 0 Å². The van der Waals surface area contributed by atoms with Crippen molar-refractivity contribution in [2.45, 2.75) is 13.8 Å². The molecule has 3 aromatic carbocycles. The van der Waals surface area contributed by atoms with Crippen LogP contribution in [-0.4, -0.2) is 24.5 Å². The van der Waals surface area contributed by atoms with Crippen LogP contribution in [0.3, 0.4) is 0 Å². The average Bonchev–Trinajstić information content (AvgIpc) is 2.83. The molecule has 0 aliphatic carbocycles. The van der Waals surface area contributed by atoms with Crippen LogP contribution in [0, 0.1) is 35.3 Å². The van der Waals surface area contributed by atoms with Crippen LogP contribution in [0.5, 0.6) is 11.5 Å². The summed E-state index contributed by atoms with van der Waals surface area (Å²) in [6, 6.07) is 16.9. The van der Waals surface area contributed by atoms with E-state index in [1.54, 1.807) is 18.2 Å². The first-order valence-electron chi connectivity index (χ1n) is 10.5. The van der Waals surface area contributed by atoms with Crippen LogP contribution in [-0.2, 0) is 4.79 Å². The topological polar surface area (TPSA) is 114 Å². The van der Waals surface area contributed by atoms with E-state index in [1.807, 2.05) is 32.0 Å². The number of methoxy groups -OCH3 is 1. The number of anilines is 1. The molecule has 0 aliphatic rings. The van der Waals surface area contributed by atoms with Crippen molar-refractivity contribution in [2.75, 3.05) is 19.0 Å². The number of nitriles is 1. The number of rotatable bonds is 8. The monoisotopic (exact) mass is 535 g/mol. The lowest BCUT2D eigenvalue weighted by Gasteiger charge is -2.14. The smallest absolute Gasteiger partial charge is 0.269 e. The van der Waals surface area contributed by atoms with Crippen LogP contribution < -0.4 is 14.8 Å². The molecule has 0 radical (unpaired) electrons. The number of carbonyl (C=O) groups is 1. The minimum absolute atomic E-state index is 0.0569. The number of halogens is 1. The fourth-order valence-electron chi connectivity index (χ4n) is 3.23. The lowest BCUT2D eigenvalue weighted by Crippen LogP contribution is -2.20. The van der Waals surface area contributed by atoms with Gasteiger partial charge >= 0.3 is 0 Å². The summed E-state index contributed by atoms with van der Waals surface area (Å²) in [6.07, 6.45) is 1.63. The minimum atomic E-state index is -0.498. The molecular weight excluding hydrogens is 514 g/mol. The van der Waals surface area contributed by atoms with Crippen molar-refractivity contribution in [3.8, 4) is 17.6 Å². The molecule has 3 aromatic rings. The maximum absolute atomic E-state index is 12.4. The van der Waals surface area contributed by atoms with Gasteiger partial charge in [0.05, 0.1) is 28.1 Å². The Morgan fingerprint density at radius 1 is 1.14 bits per heavy atom. The quantitative estimate of drug-likeness (QED) is 0.162. The van der Waals surface area contributed by atoms with Crippen LogP contribution in [0.4, 0.5) is 11.4 Å². The van der Waals surface area contributed by atoms with Gasteiger partial charge in [-0.3, -0.25) is 14.9 Å². The van der Waals surface area contributed by atoms with Crippen LogP contribution in [0.1, 0.15) is 22.3 Å². The highest BCUT2D eigenvalue weighted by atomic mass is 79.9. The van der Waals surface area contributed by atoms with Crippen molar-refractivity contribution in [1.82, 2.24) is 0 Å². The second-order valence-corrected chi connectivity index (χ2v) is 8.50. The van der Waals surface area contributed by atoms with Crippen molar-refractivity contribution < 1.29 is 19.2 Å². The van der Waals surface area contributed by atoms with Crippen molar-refractivity contribution in [2.24, 2.45) is 0 Å². The van der Waals surface area contributed by atoms with Crippen LogP contribution in [0.2, 0.25) is 0 Å². The highest BCUT2D eigenvalue weighted by Gasteiger charge is 2.15. The highest BCUT2D eigenvalue weighted by molar-refractivity contribution is 9.10. The van der Waals surface area contributed by atoms with Gasteiger partial charge in [0.25, 0.3) is 11.6 Å². The number of hydrogen-bond acceptors (Lipinski definition) is 6. The number of amides is 1. The van der Waals surface area contributed by atoms with Crippen LogP contribution >= 0.6 is 15.9 Å². The number of carbonyl (C=O) groups excluding carboxylic acids is 1. The standard InChI is InChI=1S/C26H22BrN3O5/c1-16-4-7-21(10-17(16)2)29-25(31)15-35-26-23(27)12-18(13-24(26)34-3)11-20(14-28)19-5-8-22(9-6-19)30(32)33/h4-13H,15H2,1-3H3,(H,29,31)/b20-11+. The van der Waals surface area contributed by atoms with Crippen LogP contribution in [0.25, 0.3) is 11.6 Å². The number of nitrogens with one attached hydrogen (secondary N) is 1. The molecule has 0 spiro atoms. The molecule has 0 fully saturated rings. The molecule has 0 bridgehead atoms. The van der Waals surface area contributed by atoms with Gasteiger partial charge in [0, 0.05) is 17.8 Å². The van der Waals surface area contributed by atoms with Gasteiger partial charge in [-0.15, -0.1) is 0 Å². The molecule has 178 valence electrons. The maximum atomic E-state index is 12.4. The molecule has 0 atom stereocenters. The summed E-state index contributed by atoms with van der Waals surface area (Å²) < 4.78 is 11.7. The number of allylic oxidation sites excluding steroid dienone is 1. The number of nitro groups is 1. The molecule has 0 aliphatic heterocycles. The zero-order chi connectivity index (χ0) is 25.5. The van der Waals surface area contributed by atoms with Gasteiger partial charge in [-0.25, -0.2) is 0 Å². The molecule has 8 nitrogen and oxygen atoms in total. The predicted octanol–water partition coefficient (Wildman–Crippen LogP) is 6.06. The first-order valence-corrected chi connectivity index (χ1v) is 11.2. The Balaban J connectivity index is 1.78. The molecule has 0 aromatic heterocycles. The summed E-state index contributed by atoms with van der Waals surface area (Å²) in [4.78, 5) is 22.8. The van der Waals surface area contributed by atoms with E-state index in [4.69, 9.17) is 9.47 Å². The third-order valence-electron chi connectivity index (χ3n) is 5.21. The number of aryl methyl sites for hydroxylation is 2. The molecular formula is C26H22BrN3O5. The van der Waals surface area contributed by atoms with E-state index in [-0.39, 0.29) is 18.2 Å². The third-order valence-corrected chi connectivity index (χ3v) is 5.80. The first kappa shape index (κ1) is 25.5. The summed E-state index contributed by atoms with van der Waals surface area (Å²) in [6.45, 7) is 3.74. The van der Waals surface area contributed by atoms with E-state index in [0.717, 1.165) is 11.1 Å². The zero-order valence-corrected chi connectivity index (χ0v) is 20.9. The van der Waals surface area contributed by atoms with Gasteiger partial charge in [-0.05, 0) is 94.5 Å².